The lowest BCUT2D eigenvalue weighted by Gasteiger charge is -2.43. The van der Waals surface area contributed by atoms with E-state index in [9.17, 15) is 10.4 Å². The van der Waals surface area contributed by atoms with E-state index < -0.39 is 0 Å². The first-order valence-corrected chi connectivity index (χ1v) is 7.55. The quantitative estimate of drug-likeness (QED) is 0.944. The van der Waals surface area contributed by atoms with Crippen LogP contribution in [0.1, 0.15) is 24.0 Å². The number of rotatable bonds is 3. The summed E-state index contributed by atoms with van der Waals surface area (Å²) in [5, 5.41) is 19.4. The van der Waals surface area contributed by atoms with Crippen molar-refractivity contribution in [2.45, 2.75) is 18.3 Å². The second-order valence-corrected chi connectivity index (χ2v) is 5.82. The minimum atomic E-state index is -0.288. The van der Waals surface area contributed by atoms with E-state index in [1.54, 1.807) is 18.3 Å². The molecule has 2 heterocycles. The van der Waals surface area contributed by atoms with Crippen molar-refractivity contribution in [1.82, 2.24) is 4.98 Å². The van der Waals surface area contributed by atoms with Gasteiger partial charge < -0.3 is 10.0 Å². The fourth-order valence-electron chi connectivity index (χ4n) is 3.30. The number of benzene rings is 1. The number of anilines is 1. The minimum Gasteiger partial charge on any atom is -0.395 e. The molecule has 0 bridgehead atoms. The number of nitrogens with zero attached hydrogens (tertiary/aromatic N) is 3. The first kappa shape index (κ1) is 14.6. The first-order valence-electron chi connectivity index (χ1n) is 7.55. The Balaban J connectivity index is 1.95. The Kier molecular flexibility index (Phi) is 4.08. The van der Waals surface area contributed by atoms with Crippen molar-refractivity contribution in [3.05, 3.63) is 59.8 Å². The molecule has 0 saturated carbocycles. The van der Waals surface area contributed by atoms with Gasteiger partial charge in [-0.1, -0.05) is 30.3 Å². The zero-order chi connectivity index (χ0) is 15.4. The van der Waals surface area contributed by atoms with Crippen molar-refractivity contribution < 1.29 is 5.11 Å². The zero-order valence-electron chi connectivity index (χ0n) is 12.4. The fraction of sp³-hybridized carbons (Fsp3) is 0.333. The highest BCUT2D eigenvalue weighted by Crippen LogP contribution is 2.35. The van der Waals surface area contributed by atoms with Crippen LogP contribution in [0.5, 0.6) is 0 Å². The zero-order valence-corrected chi connectivity index (χ0v) is 12.4. The summed E-state index contributed by atoms with van der Waals surface area (Å²) in [6.07, 6.45) is 3.63. The molecule has 1 unspecified atom stereocenters. The number of hydrogen-bond acceptors (Lipinski definition) is 4. The summed E-state index contributed by atoms with van der Waals surface area (Å²) >= 11 is 0. The Labute approximate surface area is 130 Å². The molecule has 1 fully saturated rings. The molecule has 1 aliphatic heterocycles. The third kappa shape index (κ3) is 2.56. The van der Waals surface area contributed by atoms with Gasteiger partial charge in [-0.05, 0) is 30.5 Å². The number of hydrogen-bond donors (Lipinski definition) is 1. The van der Waals surface area contributed by atoms with Gasteiger partial charge in [0.15, 0.2) is 0 Å². The fourth-order valence-corrected chi connectivity index (χ4v) is 3.30. The minimum absolute atomic E-state index is 0.0994. The smallest absolute Gasteiger partial charge is 0.146 e. The van der Waals surface area contributed by atoms with Gasteiger partial charge in [0.2, 0.25) is 0 Å². The molecule has 0 amide bonds. The highest BCUT2D eigenvalue weighted by atomic mass is 16.3. The lowest BCUT2D eigenvalue weighted by Crippen LogP contribution is -2.49. The van der Waals surface area contributed by atoms with Crippen LogP contribution in [-0.4, -0.2) is 29.8 Å². The molecule has 1 N–H and O–H groups in total. The number of aliphatic hydroxyl groups is 1. The van der Waals surface area contributed by atoms with Crippen LogP contribution in [0.25, 0.3) is 0 Å². The molecule has 0 spiro atoms. The van der Waals surface area contributed by atoms with E-state index in [2.05, 4.69) is 28.1 Å². The Morgan fingerprint density at radius 1 is 1.23 bits per heavy atom. The molecule has 1 aliphatic rings. The maximum atomic E-state index is 10.1. The molecule has 1 aromatic carbocycles. The number of aliphatic hydroxyl groups excluding tert-OH is 1. The highest BCUT2D eigenvalue weighted by molar-refractivity contribution is 5.54. The Morgan fingerprint density at radius 2 is 2.05 bits per heavy atom. The van der Waals surface area contributed by atoms with Crippen molar-refractivity contribution >= 4 is 5.82 Å². The molecule has 1 atom stereocenters. The summed E-state index contributed by atoms with van der Waals surface area (Å²) in [6.45, 7) is 1.64. The lowest BCUT2D eigenvalue weighted by molar-refractivity contribution is 0.172. The molecule has 4 heteroatoms. The summed E-state index contributed by atoms with van der Waals surface area (Å²) in [6, 6.07) is 15.9. The monoisotopic (exact) mass is 293 g/mol. The van der Waals surface area contributed by atoms with Gasteiger partial charge in [0.1, 0.15) is 11.9 Å². The first-order chi connectivity index (χ1) is 10.8. The second kappa shape index (κ2) is 6.17. The Bertz CT molecular complexity index is 680. The lowest BCUT2D eigenvalue weighted by atomic mass is 9.74. The van der Waals surface area contributed by atoms with E-state index >= 15 is 0 Å². The van der Waals surface area contributed by atoms with Crippen LogP contribution in [0.15, 0.2) is 48.7 Å². The van der Waals surface area contributed by atoms with E-state index in [1.165, 1.54) is 0 Å². The van der Waals surface area contributed by atoms with Gasteiger partial charge in [0.25, 0.3) is 0 Å². The topological polar surface area (TPSA) is 60.2 Å². The van der Waals surface area contributed by atoms with E-state index in [0.29, 0.717) is 12.1 Å². The summed E-state index contributed by atoms with van der Waals surface area (Å²) < 4.78 is 0. The standard InChI is InChI=1S/C18H19N3O/c19-12-15-6-4-10-20-17(15)21-11-5-9-18(13-21,14-22)16-7-2-1-3-8-16/h1-4,6-8,10,22H,5,9,11,13-14H2. The molecule has 1 aromatic heterocycles. The van der Waals surface area contributed by atoms with Gasteiger partial charge in [-0.25, -0.2) is 4.98 Å². The van der Waals surface area contributed by atoms with Crippen LogP contribution >= 0.6 is 0 Å². The van der Waals surface area contributed by atoms with Gasteiger partial charge in [0.05, 0.1) is 12.2 Å². The molecular formula is C18H19N3O. The van der Waals surface area contributed by atoms with E-state index in [0.717, 1.165) is 30.8 Å². The molecular weight excluding hydrogens is 274 g/mol. The number of nitriles is 1. The Hall–Kier alpha value is -2.38. The molecule has 0 radical (unpaired) electrons. The van der Waals surface area contributed by atoms with Crippen LogP contribution in [-0.2, 0) is 5.41 Å². The van der Waals surface area contributed by atoms with Gasteiger partial charge in [-0.15, -0.1) is 0 Å². The predicted octanol–water partition coefficient (Wildman–Crippen LogP) is 2.48. The number of aromatic nitrogens is 1. The van der Waals surface area contributed by atoms with Gasteiger partial charge in [-0.2, -0.15) is 5.26 Å². The molecule has 4 nitrogen and oxygen atoms in total. The largest absolute Gasteiger partial charge is 0.395 e. The molecule has 2 aromatic rings. The van der Waals surface area contributed by atoms with Crippen molar-refractivity contribution in [1.29, 1.82) is 5.26 Å². The summed E-state index contributed by atoms with van der Waals surface area (Å²) in [7, 11) is 0. The van der Waals surface area contributed by atoms with Gasteiger partial charge >= 0.3 is 0 Å². The van der Waals surface area contributed by atoms with Crippen molar-refractivity contribution in [2.24, 2.45) is 0 Å². The maximum Gasteiger partial charge on any atom is 0.146 e. The third-order valence-electron chi connectivity index (χ3n) is 4.47. The van der Waals surface area contributed by atoms with E-state index in [-0.39, 0.29) is 12.0 Å². The predicted molar refractivity (Wildman–Crippen MR) is 85.6 cm³/mol. The van der Waals surface area contributed by atoms with Gasteiger partial charge in [-0.3, -0.25) is 0 Å². The van der Waals surface area contributed by atoms with Crippen LogP contribution in [0.4, 0.5) is 5.82 Å². The van der Waals surface area contributed by atoms with Gasteiger partial charge in [0, 0.05) is 24.7 Å². The summed E-state index contributed by atoms with van der Waals surface area (Å²) in [5.41, 5.74) is 1.45. The average molecular weight is 293 g/mol. The van der Waals surface area contributed by atoms with Crippen LogP contribution < -0.4 is 4.90 Å². The molecule has 1 saturated heterocycles. The number of pyridine rings is 1. The molecule has 3 rings (SSSR count). The highest BCUT2D eigenvalue weighted by Gasteiger charge is 2.37. The van der Waals surface area contributed by atoms with Crippen molar-refractivity contribution in [2.75, 3.05) is 24.6 Å². The van der Waals surface area contributed by atoms with Crippen LogP contribution in [0, 0.1) is 11.3 Å². The normalized spacial score (nSPS) is 21.4. The maximum absolute atomic E-state index is 10.1. The van der Waals surface area contributed by atoms with E-state index in [4.69, 9.17) is 0 Å². The Morgan fingerprint density at radius 3 is 2.77 bits per heavy atom. The molecule has 0 aliphatic carbocycles. The van der Waals surface area contributed by atoms with E-state index in [1.807, 2.05) is 18.2 Å². The van der Waals surface area contributed by atoms with Crippen LogP contribution in [0.3, 0.4) is 0 Å². The van der Waals surface area contributed by atoms with Crippen LogP contribution in [0.2, 0.25) is 0 Å². The average Bonchev–Trinajstić information content (AvgIpc) is 2.62. The molecule has 22 heavy (non-hydrogen) atoms. The SMILES string of the molecule is N#Cc1cccnc1N1CCCC(CO)(c2ccccc2)C1. The second-order valence-electron chi connectivity index (χ2n) is 5.82. The third-order valence-corrected chi connectivity index (χ3v) is 4.47. The van der Waals surface area contributed by atoms with Crippen molar-refractivity contribution in [3.8, 4) is 6.07 Å². The number of piperidine rings is 1. The summed E-state index contributed by atoms with van der Waals surface area (Å²) in [4.78, 5) is 6.52. The summed E-state index contributed by atoms with van der Waals surface area (Å²) in [5.74, 6) is 0.721. The van der Waals surface area contributed by atoms with Crippen molar-refractivity contribution in [3.63, 3.8) is 0 Å². The molecule has 112 valence electrons.